The quantitative estimate of drug-likeness (QED) is 0.142. The van der Waals surface area contributed by atoms with Crippen molar-refractivity contribution in [2.45, 2.75) is 26.3 Å². The van der Waals surface area contributed by atoms with Gasteiger partial charge in [-0.2, -0.15) is 0 Å². The molecule has 11 heteroatoms. The number of carbonyl (C=O) groups is 2. The van der Waals surface area contributed by atoms with Crippen LogP contribution in [0.25, 0.3) is 16.0 Å². The zero-order valence-electron chi connectivity index (χ0n) is 23.9. The van der Waals surface area contributed by atoms with Crippen LogP contribution in [-0.2, 0) is 9.59 Å². The van der Waals surface area contributed by atoms with Crippen LogP contribution >= 0.6 is 11.3 Å². The monoisotopic (exact) mass is 602 g/mol. The maximum absolute atomic E-state index is 13.8. The lowest BCUT2D eigenvalue weighted by atomic mass is 9.95. The first-order valence-corrected chi connectivity index (χ1v) is 14.8. The lowest BCUT2D eigenvalue weighted by Gasteiger charge is -2.24. The third-order valence-electron chi connectivity index (χ3n) is 7.10. The number of aliphatic hydroxyl groups excluding tert-OH is 1. The van der Waals surface area contributed by atoms with Gasteiger partial charge in [0.25, 0.3) is 5.78 Å². The summed E-state index contributed by atoms with van der Waals surface area (Å²) in [6.07, 6.45) is 0.811. The van der Waals surface area contributed by atoms with Gasteiger partial charge in [-0.1, -0.05) is 24.3 Å². The highest BCUT2D eigenvalue weighted by molar-refractivity contribution is 7.22. The molecule has 0 aliphatic carbocycles. The minimum atomic E-state index is -1.00. The Morgan fingerprint density at radius 3 is 2.58 bits per heavy atom. The van der Waals surface area contributed by atoms with Crippen molar-refractivity contribution in [1.29, 1.82) is 0 Å². The summed E-state index contributed by atoms with van der Waals surface area (Å²) >= 11 is 1.25. The van der Waals surface area contributed by atoms with Gasteiger partial charge in [-0.15, -0.1) is 0 Å². The van der Waals surface area contributed by atoms with Crippen molar-refractivity contribution >= 4 is 44.1 Å². The van der Waals surface area contributed by atoms with E-state index < -0.39 is 17.7 Å². The first-order chi connectivity index (χ1) is 20.9. The molecule has 1 aromatic heterocycles. The van der Waals surface area contributed by atoms with Gasteiger partial charge in [-0.25, -0.2) is 4.98 Å². The van der Waals surface area contributed by atoms with Gasteiger partial charge >= 0.3 is 5.91 Å². The Morgan fingerprint density at radius 1 is 1.00 bits per heavy atom. The van der Waals surface area contributed by atoms with Crippen LogP contribution in [-0.4, -0.2) is 55.3 Å². The van der Waals surface area contributed by atoms with E-state index >= 15 is 0 Å². The molecule has 6 rings (SSSR count). The topological polar surface area (TPSA) is 117 Å². The highest BCUT2D eigenvalue weighted by Gasteiger charge is 2.48. The third kappa shape index (κ3) is 5.20. The van der Waals surface area contributed by atoms with Gasteiger partial charge in [0.15, 0.2) is 28.1 Å². The maximum Gasteiger partial charge on any atom is 0.301 e. The van der Waals surface area contributed by atoms with Crippen molar-refractivity contribution in [3.63, 3.8) is 0 Å². The van der Waals surface area contributed by atoms with Crippen molar-refractivity contribution in [2.75, 3.05) is 38.4 Å². The van der Waals surface area contributed by atoms with Crippen LogP contribution in [0.2, 0.25) is 0 Å². The van der Waals surface area contributed by atoms with Gasteiger partial charge in [0.05, 0.1) is 42.2 Å². The summed E-state index contributed by atoms with van der Waals surface area (Å²) in [5, 5.41) is 12.0. The molecule has 1 unspecified atom stereocenters. The molecule has 1 atom stereocenters. The van der Waals surface area contributed by atoms with Gasteiger partial charge in [0.2, 0.25) is 0 Å². The number of Topliss-reactive ketones (excluding diaryl/α,β-unsaturated/α-hetero) is 1. The maximum atomic E-state index is 13.8. The largest absolute Gasteiger partial charge is 0.507 e. The molecule has 3 heterocycles. The van der Waals surface area contributed by atoms with Gasteiger partial charge in [-0.3, -0.25) is 14.5 Å². The minimum absolute atomic E-state index is 0.0804. The number of amides is 1. The number of rotatable bonds is 9. The average Bonchev–Trinajstić information content (AvgIpc) is 3.57. The number of fused-ring (bicyclic) bond motifs is 2. The lowest BCUT2D eigenvalue weighted by Crippen LogP contribution is -2.29. The van der Waals surface area contributed by atoms with Crippen LogP contribution in [0.4, 0.5) is 5.13 Å². The molecule has 1 amide bonds. The van der Waals surface area contributed by atoms with Crippen LogP contribution < -0.4 is 28.6 Å². The molecule has 1 fully saturated rings. The number of hydrogen-bond donors (Lipinski definition) is 1. The number of ether oxygens (including phenoxy) is 5. The summed E-state index contributed by atoms with van der Waals surface area (Å²) in [5.41, 5.74) is 1.42. The molecule has 1 N–H and O–H groups in total. The Morgan fingerprint density at radius 2 is 1.81 bits per heavy atom. The number of methoxy groups -OCH3 is 1. The number of thiazole rings is 1. The Kier molecular flexibility index (Phi) is 7.81. The molecule has 0 bridgehead atoms. The number of carbonyl (C=O) groups excluding carboxylic acids is 2. The fourth-order valence-electron chi connectivity index (χ4n) is 5.11. The highest BCUT2D eigenvalue weighted by atomic mass is 32.1. The van der Waals surface area contributed by atoms with Crippen molar-refractivity contribution in [3.05, 3.63) is 71.3 Å². The Bertz CT molecular complexity index is 1750. The summed E-state index contributed by atoms with van der Waals surface area (Å²) in [5.74, 6) is 0.651. The summed E-state index contributed by atoms with van der Waals surface area (Å²) in [6.45, 7) is 5.52. The zero-order chi connectivity index (χ0) is 30.1. The predicted octanol–water partition coefficient (Wildman–Crippen LogP) is 5.89. The van der Waals surface area contributed by atoms with E-state index in [-0.39, 0.29) is 11.3 Å². The van der Waals surface area contributed by atoms with Crippen LogP contribution in [0.3, 0.4) is 0 Å². The number of anilines is 1. The molecular formula is C32H30N2O8S. The molecule has 2 aliphatic rings. The third-order valence-corrected chi connectivity index (χ3v) is 8.11. The Hall–Kier alpha value is -4.77. The molecule has 10 nitrogen and oxygen atoms in total. The second-order valence-corrected chi connectivity index (χ2v) is 10.9. The normalized spacial score (nSPS) is 17.4. The molecule has 43 heavy (non-hydrogen) atoms. The van der Waals surface area contributed by atoms with E-state index in [1.807, 2.05) is 19.9 Å². The first kappa shape index (κ1) is 28.4. The van der Waals surface area contributed by atoms with Crippen LogP contribution in [0.5, 0.6) is 28.7 Å². The van der Waals surface area contributed by atoms with Gasteiger partial charge in [0.1, 0.15) is 24.7 Å². The molecule has 0 radical (unpaired) electrons. The SMILES string of the molecule is CCCOc1ccc(C2/C(=C(\O)c3ccc4c(c3)OCCO4)C(=O)C(=O)N2c2nc3ccc(OC)cc3s2)cc1OCC. The molecule has 0 saturated carbocycles. The van der Waals surface area contributed by atoms with Gasteiger partial charge in [0, 0.05) is 5.56 Å². The molecule has 3 aromatic carbocycles. The number of aliphatic hydroxyl groups is 1. The number of aromatic nitrogens is 1. The number of hydrogen-bond acceptors (Lipinski definition) is 10. The lowest BCUT2D eigenvalue weighted by molar-refractivity contribution is -0.132. The zero-order valence-corrected chi connectivity index (χ0v) is 24.7. The molecule has 0 spiro atoms. The molecule has 222 valence electrons. The smallest absolute Gasteiger partial charge is 0.301 e. The van der Waals surface area contributed by atoms with Crippen molar-refractivity contribution < 1.29 is 38.4 Å². The summed E-state index contributed by atoms with van der Waals surface area (Å²) in [4.78, 5) is 33.5. The number of ketones is 1. The first-order valence-electron chi connectivity index (χ1n) is 14.0. The Balaban J connectivity index is 1.53. The van der Waals surface area contributed by atoms with E-state index in [9.17, 15) is 14.7 Å². The molecule has 2 aliphatic heterocycles. The molecule has 4 aromatic rings. The van der Waals surface area contributed by atoms with Gasteiger partial charge < -0.3 is 28.8 Å². The highest BCUT2D eigenvalue weighted by Crippen LogP contribution is 2.46. The van der Waals surface area contributed by atoms with Crippen molar-refractivity contribution in [1.82, 2.24) is 4.98 Å². The fourth-order valence-corrected chi connectivity index (χ4v) is 6.13. The van der Waals surface area contributed by atoms with Crippen LogP contribution in [0.1, 0.15) is 37.4 Å². The average molecular weight is 603 g/mol. The predicted molar refractivity (Wildman–Crippen MR) is 162 cm³/mol. The van der Waals surface area contributed by atoms with E-state index in [2.05, 4.69) is 0 Å². The van der Waals surface area contributed by atoms with E-state index in [4.69, 9.17) is 28.7 Å². The van der Waals surface area contributed by atoms with Crippen molar-refractivity contribution in [3.8, 4) is 28.7 Å². The van der Waals surface area contributed by atoms with E-state index in [1.54, 1.807) is 55.6 Å². The van der Waals surface area contributed by atoms with Crippen LogP contribution in [0, 0.1) is 0 Å². The van der Waals surface area contributed by atoms with Crippen LogP contribution in [0.15, 0.2) is 60.2 Å². The molecular weight excluding hydrogens is 572 g/mol. The second-order valence-electron chi connectivity index (χ2n) is 9.85. The minimum Gasteiger partial charge on any atom is -0.507 e. The van der Waals surface area contributed by atoms with E-state index in [0.29, 0.717) is 77.0 Å². The summed E-state index contributed by atoms with van der Waals surface area (Å²) in [7, 11) is 1.57. The standard InChI is InChI=1S/C32H30N2O8S/c1-4-12-40-22-10-6-18(15-24(22)39-5-2)28-27(29(35)19-7-11-23-25(16-19)42-14-13-41-23)30(36)31(37)34(28)32-33-21-9-8-20(38-3)17-26(21)43-32/h6-11,15-17,28,35H,4-5,12-14H2,1-3H3/b29-27+. The number of nitrogens with zero attached hydrogens (tertiary/aromatic N) is 2. The van der Waals surface area contributed by atoms with E-state index in [0.717, 1.165) is 11.1 Å². The fraction of sp³-hybridized carbons (Fsp3) is 0.281. The Labute approximate surface area is 252 Å². The number of benzene rings is 3. The van der Waals surface area contributed by atoms with Crippen molar-refractivity contribution in [2.24, 2.45) is 0 Å². The second kappa shape index (κ2) is 11.8. The van der Waals surface area contributed by atoms with Gasteiger partial charge in [-0.05, 0) is 67.4 Å². The summed E-state index contributed by atoms with van der Waals surface area (Å²) < 4.78 is 29.2. The summed E-state index contributed by atoms with van der Waals surface area (Å²) in [6, 6.07) is 14.6. The molecule has 1 saturated heterocycles. The van der Waals surface area contributed by atoms with E-state index in [1.165, 1.54) is 16.2 Å².